The molecule has 0 bridgehead atoms. The molecule has 20 heteroatoms. The number of hydrogen-bond acceptors (Lipinski definition) is 14. The van der Waals surface area contributed by atoms with Gasteiger partial charge in [0.15, 0.2) is 0 Å². The maximum absolute atomic E-state index is 15.6. The number of ether oxygens (including phenoxy) is 1. The first kappa shape index (κ1) is 47.1. The topological polar surface area (TPSA) is 183 Å². The van der Waals surface area contributed by atoms with Gasteiger partial charge in [0.25, 0.3) is 11.8 Å². The number of aromatic nitrogens is 5. The van der Waals surface area contributed by atoms with Gasteiger partial charge in [0.05, 0.1) is 45.8 Å². The molecule has 0 radical (unpaired) electrons. The van der Waals surface area contributed by atoms with Gasteiger partial charge in [-0.05, 0) is 104 Å². The van der Waals surface area contributed by atoms with Crippen LogP contribution < -0.4 is 35.8 Å². The highest BCUT2D eigenvalue weighted by Gasteiger charge is 2.45. The van der Waals surface area contributed by atoms with Crippen LogP contribution in [-0.4, -0.2) is 130 Å². The van der Waals surface area contributed by atoms with E-state index in [4.69, 9.17) is 9.72 Å². The largest absolute Gasteiger partial charge is 0.494 e. The lowest BCUT2D eigenvalue weighted by Crippen LogP contribution is -2.54. The highest BCUT2D eigenvalue weighted by atomic mass is 79.9. The number of carbonyl (C=O) groups excluding carboxylic acids is 4. The molecule has 1 atom stereocenters. The second-order valence-electron chi connectivity index (χ2n) is 18.4. The number of fused-ring (bicyclic) bond motifs is 2. The number of nitrogens with one attached hydrogen (secondary N) is 3. The van der Waals surface area contributed by atoms with Crippen molar-refractivity contribution >= 4 is 98.2 Å². The van der Waals surface area contributed by atoms with Crippen LogP contribution in [0.1, 0.15) is 52.8 Å². The molecule has 4 amide bonds. The molecule has 7 heterocycles. The van der Waals surface area contributed by atoms with Crippen molar-refractivity contribution in [2.75, 3.05) is 86.7 Å². The van der Waals surface area contributed by atoms with Crippen molar-refractivity contribution in [3.8, 4) is 16.9 Å². The third-order valence-electron chi connectivity index (χ3n) is 13.8. The smallest absolute Gasteiger partial charge is 0.262 e. The van der Waals surface area contributed by atoms with Crippen molar-refractivity contribution in [3.63, 3.8) is 0 Å². The van der Waals surface area contributed by atoms with Crippen LogP contribution in [0.25, 0.3) is 22.0 Å². The van der Waals surface area contributed by atoms with E-state index in [1.54, 1.807) is 18.0 Å². The quantitative estimate of drug-likeness (QED) is 0.0793. The number of carbonyl (C=O) groups is 4. The molecule has 3 aromatic heterocycles. The van der Waals surface area contributed by atoms with Crippen LogP contribution in [-0.2, 0) is 16.6 Å². The number of amides is 4. The summed E-state index contributed by atoms with van der Waals surface area (Å²) < 4.78 is 24.2. The Bertz CT molecular complexity index is 3050. The molecule has 362 valence electrons. The summed E-state index contributed by atoms with van der Waals surface area (Å²) in [5.74, 6) is -0.947. The zero-order valence-corrected chi connectivity index (χ0v) is 41.8. The molecule has 6 aromatic rings. The molecule has 1 unspecified atom stereocenters. The predicted molar refractivity (Wildman–Crippen MR) is 273 cm³/mol. The summed E-state index contributed by atoms with van der Waals surface area (Å²) in [5.41, 5.74) is 5.97. The van der Waals surface area contributed by atoms with E-state index in [1.807, 2.05) is 42.7 Å². The first-order valence-corrected chi connectivity index (χ1v) is 26.5. The van der Waals surface area contributed by atoms with Gasteiger partial charge in [0.2, 0.25) is 17.8 Å². The molecule has 3 fully saturated rings. The van der Waals surface area contributed by atoms with Gasteiger partial charge in [-0.3, -0.25) is 44.0 Å². The van der Waals surface area contributed by atoms with E-state index in [-0.39, 0.29) is 29.7 Å². The molecule has 4 aliphatic heterocycles. The number of rotatable bonds is 13. The fourth-order valence-corrected chi connectivity index (χ4v) is 11.7. The summed E-state index contributed by atoms with van der Waals surface area (Å²) in [5, 5.41) is 16.1. The fourth-order valence-electron chi connectivity index (χ4n) is 10.1. The molecule has 3 saturated heterocycles. The molecule has 0 spiro atoms. The molecule has 70 heavy (non-hydrogen) atoms. The Kier molecular flexibility index (Phi) is 13.3. The second kappa shape index (κ2) is 19.7. The third-order valence-corrected chi connectivity index (χ3v) is 15.8. The Balaban J connectivity index is 0.779. The lowest BCUT2D eigenvalue weighted by atomic mass is 9.92. The number of halogens is 2. The number of nitrogens with zero attached hydrogens (tertiary/aromatic N) is 9. The standard InChI is InChI=1S/C50H53BrFN12O5P/c1-60-28-30(26-55-60)32-23-39(57-50-54-27-35(51)46(59-50)56-38-8-7-37-31(6-5-14-53-37)45(38)70(3)4)43(69-2)25-41(32)63-20-18-61(19-21-63)15-11-29-12-16-62(17-13-29)42-24-34-33(22-36(42)52)48(67)64(49(34)68)40-9-10-44(65)58-47(40)66/h5-8,14,22-29,40H,9-13,15-21H2,1-4H3,(H,58,65,66)(H2,54,56,57,59). The van der Waals surface area contributed by atoms with Crippen LogP contribution in [0.4, 0.5) is 38.9 Å². The van der Waals surface area contributed by atoms with Crippen LogP contribution in [0.5, 0.6) is 5.75 Å². The third kappa shape index (κ3) is 9.29. The van der Waals surface area contributed by atoms with Crippen LogP contribution in [0.2, 0.25) is 0 Å². The summed E-state index contributed by atoms with van der Waals surface area (Å²) in [4.78, 5) is 72.7. The van der Waals surface area contributed by atoms with Gasteiger partial charge < -0.3 is 25.2 Å². The molecular weight excluding hydrogens is 979 g/mol. The number of piperidine rings is 2. The normalized spacial score (nSPS) is 18.0. The number of aryl methyl sites for hydroxylation is 1. The molecule has 0 saturated carbocycles. The van der Waals surface area contributed by atoms with Gasteiger partial charge in [0, 0.05) is 111 Å². The minimum absolute atomic E-state index is 0.0174. The number of piperazine rings is 1. The molecule has 3 aromatic carbocycles. The van der Waals surface area contributed by atoms with Crippen LogP contribution in [0, 0.1) is 11.7 Å². The maximum atomic E-state index is 15.6. The fraction of sp³-hybridized carbons (Fsp3) is 0.360. The minimum atomic E-state index is -1.10. The Morgan fingerprint density at radius 2 is 1.61 bits per heavy atom. The molecule has 17 nitrogen and oxygen atoms in total. The lowest BCUT2D eigenvalue weighted by molar-refractivity contribution is -0.136. The summed E-state index contributed by atoms with van der Waals surface area (Å²) >= 11 is 3.67. The van der Waals surface area contributed by atoms with Crippen molar-refractivity contribution in [2.24, 2.45) is 13.0 Å². The van der Waals surface area contributed by atoms with Gasteiger partial charge in [-0.25, -0.2) is 9.37 Å². The second-order valence-corrected chi connectivity index (χ2v) is 21.5. The van der Waals surface area contributed by atoms with Gasteiger partial charge in [-0.1, -0.05) is 14.0 Å². The Labute approximate surface area is 414 Å². The number of pyridine rings is 1. The minimum Gasteiger partial charge on any atom is -0.494 e. The van der Waals surface area contributed by atoms with Crippen molar-refractivity contribution in [1.82, 2.24) is 39.8 Å². The molecule has 0 aliphatic carbocycles. The number of hydrogen-bond donors (Lipinski definition) is 3. The SMILES string of the molecule is COc1cc(N2CCN(CCC3CCN(c4cc5c(cc4F)C(=O)N(C4CCC(=O)NC4=O)C5=O)CC3)CC2)c(-c2cnn(C)c2)cc1Nc1ncc(Br)c(Nc2ccc3ncccc3c2P(C)C)n1. The van der Waals surface area contributed by atoms with Crippen molar-refractivity contribution in [3.05, 3.63) is 94.7 Å². The summed E-state index contributed by atoms with van der Waals surface area (Å²) in [6.45, 7) is 10.0. The first-order valence-electron chi connectivity index (χ1n) is 23.4. The van der Waals surface area contributed by atoms with E-state index < -0.39 is 43.4 Å². The predicted octanol–water partition coefficient (Wildman–Crippen LogP) is 7.02. The average Bonchev–Trinajstić information content (AvgIpc) is 3.90. The average molecular weight is 1030 g/mol. The lowest BCUT2D eigenvalue weighted by Gasteiger charge is -2.39. The van der Waals surface area contributed by atoms with Crippen molar-refractivity contribution in [2.45, 2.75) is 38.1 Å². The Morgan fingerprint density at radius 3 is 2.33 bits per heavy atom. The molecule has 4 aliphatic rings. The summed E-state index contributed by atoms with van der Waals surface area (Å²) in [7, 11) is 3.10. The number of benzene rings is 3. The monoisotopic (exact) mass is 1030 g/mol. The van der Waals surface area contributed by atoms with Gasteiger partial charge >= 0.3 is 0 Å². The van der Waals surface area contributed by atoms with E-state index in [2.05, 4.69) is 94.3 Å². The van der Waals surface area contributed by atoms with E-state index in [0.717, 1.165) is 101 Å². The highest BCUT2D eigenvalue weighted by Crippen LogP contribution is 2.42. The van der Waals surface area contributed by atoms with Crippen molar-refractivity contribution < 1.29 is 28.3 Å². The van der Waals surface area contributed by atoms with Gasteiger partial charge in [0.1, 0.15) is 23.4 Å². The first-order chi connectivity index (χ1) is 33.8. The molecule has 3 N–H and O–H groups in total. The maximum Gasteiger partial charge on any atom is 0.262 e. The highest BCUT2D eigenvalue weighted by molar-refractivity contribution is 9.10. The zero-order valence-electron chi connectivity index (χ0n) is 39.3. The number of anilines is 6. The zero-order chi connectivity index (χ0) is 48.8. The van der Waals surface area contributed by atoms with E-state index >= 15 is 4.39 Å². The van der Waals surface area contributed by atoms with Crippen molar-refractivity contribution in [1.29, 1.82) is 0 Å². The Morgan fingerprint density at radius 1 is 0.857 bits per heavy atom. The molecular formula is C50H53BrFN12O5P. The summed E-state index contributed by atoms with van der Waals surface area (Å²) in [6.07, 6.45) is 10.2. The van der Waals surface area contributed by atoms with E-state index in [0.29, 0.717) is 42.2 Å². The van der Waals surface area contributed by atoms with E-state index in [9.17, 15) is 19.2 Å². The van der Waals surface area contributed by atoms with Gasteiger partial charge in [-0.15, -0.1) is 0 Å². The molecule has 10 rings (SSSR count). The number of imide groups is 2. The van der Waals surface area contributed by atoms with Crippen LogP contribution in [0.3, 0.4) is 0 Å². The van der Waals surface area contributed by atoms with E-state index in [1.165, 1.54) is 11.4 Å². The van der Waals surface area contributed by atoms with Crippen LogP contribution in [0.15, 0.2) is 77.8 Å². The number of methoxy groups -OCH3 is 1. The summed E-state index contributed by atoms with van der Waals surface area (Å²) in [6, 6.07) is 13.8. The van der Waals surface area contributed by atoms with Crippen LogP contribution >= 0.6 is 23.9 Å². The van der Waals surface area contributed by atoms with Gasteiger partial charge in [-0.2, -0.15) is 10.1 Å². The Hall–Kier alpha value is -6.56.